The number of nitrogens with zero attached hydrogens (tertiary/aromatic N) is 1. The fraction of sp³-hybridized carbons (Fsp3) is 0.250. The summed E-state index contributed by atoms with van der Waals surface area (Å²) in [7, 11) is 0. The van der Waals surface area contributed by atoms with Gasteiger partial charge in [-0.2, -0.15) is 0 Å². The molecule has 3 nitrogen and oxygen atoms in total. The van der Waals surface area contributed by atoms with Gasteiger partial charge in [-0.25, -0.2) is 0 Å². The molecule has 0 spiro atoms. The van der Waals surface area contributed by atoms with Gasteiger partial charge < -0.3 is 4.90 Å². The summed E-state index contributed by atoms with van der Waals surface area (Å²) >= 11 is 0. The lowest BCUT2D eigenvalue weighted by atomic mass is 9.96. The van der Waals surface area contributed by atoms with Crippen molar-refractivity contribution in [3.8, 4) is 0 Å². The smallest absolute Gasteiger partial charge is 0.186 e. The molecule has 1 aliphatic carbocycles. The van der Waals surface area contributed by atoms with E-state index in [0.29, 0.717) is 5.57 Å². The highest BCUT2D eigenvalue weighted by atomic mass is 16.1. The molecule has 1 aromatic carbocycles. The standard InChI is InChI=1S/C16H17NO2/c1-3-17(4-2)13-7-5-12(6-8-13)15-11-14(18)9-10-16(15)19/h5-11H,3-4H2,1-2H3. The Morgan fingerprint density at radius 2 is 1.58 bits per heavy atom. The zero-order valence-corrected chi connectivity index (χ0v) is 11.2. The van der Waals surface area contributed by atoms with E-state index < -0.39 is 0 Å². The number of rotatable bonds is 4. The first-order chi connectivity index (χ1) is 9.15. The molecule has 1 aliphatic rings. The highest BCUT2D eigenvalue weighted by Crippen LogP contribution is 2.22. The van der Waals surface area contributed by atoms with Crippen LogP contribution in [-0.2, 0) is 9.59 Å². The number of benzene rings is 1. The van der Waals surface area contributed by atoms with Crippen molar-refractivity contribution in [2.45, 2.75) is 13.8 Å². The van der Waals surface area contributed by atoms with E-state index in [0.717, 1.165) is 24.3 Å². The molecule has 19 heavy (non-hydrogen) atoms. The van der Waals surface area contributed by atoms with Crippen LogP contribution in [0.5, 0.6) is 0 Å². The molecule has 0 saturated carbocycles. The van der Waals surface area contributed by atoms with Crippen LogP contribution in [0.15, 0.2) is 42.5 Å². The Balaban J connectivity index is 2.28. The lowest BCUT2D eigenvalue weighted by Crippen LogP contribution is -2.21. The van der Waals surface area contributed by atoms with Crippen molar-refractivity contribution < 1.29 is 9.59 Å². The predicted molar refractivity (Wildman–Crippen MR) is 77.1 cm³/mol. The molecule has 0 fully saturated rings. The van der Waals surface area contributed by atoms with Crippen LogP contribution < -0.4 is 4.90 Å². The summed E-state index contributed by atoms with van der Waals surface area (Å²) in [5.41, 5.74) is 2.39. The first-order valence-corrected chi connectivity index (χ1v) is 6.49. The monoisotopic (exact) mass is 255 g/mol. The summed E-state index contributed by atoms with van der Waals surface area (Å²) < 4.78 is 0. The van der Waals surface area contributed by atoms with Gasteiger partial charge in [0.05, 0.1) is 0 Å². The molecule has 2 rings (SSSR count). The van der Waals surface area contributed by atoms with E-state index in [1.54, 1.807) is 0 Å². The minimum atomic E-state index is -0.137. The van der Waals surface area contributed by atoms with Crippen LogP contribution >= 0.6 is 0 Å². The molecule has 0 bridgehead atoms. The van der Waals surface area contributed by atoms with E-state index in [1.165, 1.54) is 18.2 Å². The molecule has 0 amide bonds. The maximum absolute atomic E-state index is 11.8. The highest BCUT2D eigenvalue weighted by Gasteiger charge is 2.15. The number of hydrogen-bond acceptors (Lipinski definition) is 3. The Morgan fingerprint density at radius 3 is 2.16 bits per heavy atom. The van der Waals surface area contributed by atoms with Crippen molar-refractivity contribution >= 4 is 22.8 Å². The van der Waals surface area contributed by atoms with Crippen molar-refractivity contribution in [3.63, 3.8) is 0 Å². The number of hydrogen-bond donors (Lipinski definition) is 0. The van der Waals surface area contributed by atoms with E-state index >= 15 is 0 Å². The molecule has 1 aromatic rings. The number of allylic oxidation sites excluding steroid dienone is 4. The van der Waals surface area contributed by atoms with Crippen LogP contribution in [0.3, 0.4) is 0 Å². The number of carbonyl (C=O) groups excluding carboxylic acids is 2. The van der Waals surface area contributed by atoms with E-state index in [-0.39, 0.29) is 11.6 Å². The van der Waals surface area contributed by atoms with Gasteiger partial charge in [-0.3, -0.25) is 9.59 Å². The lowest BCUT2D eigenvalue weighted by molar-refractivity contribution is -0.113. The first kappa shape index (κ1) is 13.3. The fourth-order valence-electron chi connectivity index (χ4n) is 2.18. The Kier molecular flexibility index (Phi) is 3.95. The zero-order valence-electron chi connectivity index (χ0n) is 11.2. The molecular formula is C16H17NO2. The van der Waals surface area contributed by atoms with Gasteiger partial charge in [0, 0.05) is 24.4 Å². The molecule has 0 saturated heterocycles. The first-order valence-electron chi connectivity index (χ1n) is 6.49. The predicted octanol–water partition coefficient (Wildman–Crippen LogP) is 2.62. The fourth-order valence-corrected chi connectivity index (χ4v) is 2.18. The van der Waals surface area contributed by atoms with Crippen LogP contribution in [0, 0.1) is 0 Å². The van der Waals surface area contributed by atoms with Crippen molar-refractivity contribution in [1.29, 1.82) is 0 Å². The maximum Gasteiger partial charge on any atom is 0.186 e. The van der Waals surface area contributed by atoms with Crippen LogP contribution in [0.2, 0.25) is 0 Å². The molecule has 0 radical (unpaired) electrons. The van der Waals surface area contributed by atoms with E-state index in [4.69, 9.17) is 0 Å². The number of anilines is 1. The van der Waals surface area contributed by atoms with Crippen LogP contribution in [-0.4, -0.2) is 24.7 Å². The van der Waals surface area contributed by atoms with Crippen molar-refractivity contribution in [2.75, 3.05) is 18.0 Å². The summed E-state index contributed by atoms with van der Waals surface area (Å²) in [6.45, 7) is 6.10. The summed E-state index contributed by atoms with van der Waals surface area (Å²) in [5.74, 6) is -0.252. The Hall–Kier alpha value is -2.16. The van der Waals surface area contributed by atoms with Crippen molar-refractivity contribution in [2.24, 2.45) is 0 Å². The Bertz CT molecular complexity index is 549. The second kappa shape index (κ2) is 5.65. The molecule has 3 heteroatoms. The van der Waals surface area contributed by atoms with Crippen LogP contribution in [0.25, 0.3) is 5.57 Å². The average molecular weight is 255 g/mol. The third-order valence-electron chi connectivity index (χ3n) is 3.26. The molecular weight excluding hydrogens is 238 g/mol. The van der Waals surface area contributed by atoms with Crippen molar-refractivity contribution in [3.05, 3.63) is 48.1 Å². The van der Waals surface area contributed by atoms with Gasteiger partial charge in [-0.15, -0.1) is 0 Å². The molecule has 0 unspecified atom stereocenters. The molecule has 98 valence electrons. The quantitative estimate of drug-likeness (QED) is 0.776. The minimum absolute atomic E-state index is 0.116. The van der Waals surface area contributed by atoms with E-state index in [1.807, 2.05) is 24.3 Å². The van der Waals surface area contributed by atoms with Crippen molar-refractivity contribution in [1.82, 2.24) is 0 Å². The van der Waals surface area contributed by atoms with Gasteiger partial charge >= 0.3 is 0 Å². The van der Waals surface area contributed by atoms with E-state index in [2.05, 4.69) is 18.7 Å². The molecule has 0 aliphatic heterocycles. The summed E-state index contributed by atoms with van der Waals surface area (Å²) in [4.78, 5) is 25.3. The van der Waals surface area contributed by atoms with Gasteiger partial charge in [0.25, 0.3) is 0 Å². The molecule has 0 aromatic heterocycles. The maximum atomic E-state index is 11.8. The number of ketones is 2. The van der Waals surface area contributed by atoms with Gasteiger partial charge in [-0.1, -0.05) is 12.1 Å². The zero-order chi connectivity index (χ0) is 13.8. The summed E-state index contributed by atoms with van der Waals surface area (Å²) in [6, 6.07) is 7.76. The second-order valence-corrected chi connectivity index (χ2v) is 4.38. The average Bonchev–Trinajstić information content (AvgIpc) is 2.44. The van der Waals surface area contributed by atoms with E-state index in [9.17, 15) is 9.59 Å². The van der Waals surface area contributed by atoms with Gasteiger partial charge in [0.1, 0.15) is 0 Å². The Morgan fingerprint density at radius 1 is 0.947 bits per heavy atom. The Labute approximate surface area is 113 Å². The molecule has 0 heterocycles. The summed E-state index contributed by atoms with van der Waals surface area (Å²) in [6.07, 6.45) is 4.03. The van der Waals surface area contributed by atoms with Crippen LogP contribution in [0.1, 0.15) is 19.4 Å². The van der Waals surface area contributed by atoms with Gasteiger partial charge in [0.15, 0.2) is 11.6 Å². The summed E-state index contributed by atoms with van der Waals surface area (Å²) in [5, 5.41) is 0. The largest absolute Gasteiger partial charge is 0.372 e. The molecule has 0 atom stereocenters. The SMILES string of the molecule is CCN(CC)c1ccc(C2=CC(=O)C=CC2=O)cc1. The molecule has 0 N–H and O–H groups in total. The third kappa shape index (κ3) is 2.81. The lowest BCUT2D eigenvalue weighted by Gasteiger charge is -2.21. The normalized spacial score (nSPS) is 14.5. The minimum Gasteiger partial charge on any atom is -0.372 e. The highest BCUT2D eigenvalue weighted by molar-refractivity contribution is 6.33. The third-order valence-corrected chi connectivity index (χ3v) is 3.26. The number of carbonyl (C=O) groups is 2. The second-order valence-electron chi connectivity index (χ2n) is 4.38. The van der Waals surface area contributed by atoms with Gasteiger partial charge in [0.2, 0.25) is 0 Å². The topological polar surface area (TPSA) is 37.4 Å². The van der Waals surface area contributed by atoms with Crippen LogP contribution in [0.4, 0.5) is 5.69 Å². The van der Waals surface area contributed by atoms with Gasteiger partial charge in [-0.05, 0) is 49.8 Å².